The molecule has 0 amide bonds. The van der Waals surface area contributed by atoms with Crippen LogP contribution in [0.4, 0.5) is 0 Å². The molecule has 1 aromatic rings. The van der Waals surface area contributed by atoms with Gasteiger partial charge in [0.15, 0.2) is 8.32 Å². The smallest absolute Gasteiger partial charge is 0.192 e. The number of methoxy groups -OCH3 is 1. The Bertz CT molecular complexity index is 735. The maximum Gasteiger partial charge on any atom is 0.192 e. The predicted molar refractivity (Wildman–Crippen MR) is 120 cm³/mol. The molecule has 2 nitrogen and oxygen atoms in total. The molecule has 0 saturated heterocycles. The zero-order chi connectivity index (χ0) is 20.3. The summed E-state index contributed by atoms with van der Waals surface area (Å²) in [5, 5.41) is 0.293. The Labute approximate surface area is 173 Å². The van der Waals surface area contributed by atoms with Gasteiger partial charge in [-0.3, -0.25) is 0 Å². The van der Waals surface area contributed by atoms with Gasteiger partial charge in [-0.05, 0) is 103 Å². The van der Waals surface area contributed by atoms with Gasteiger partial charge in [-0.25, -0.2) is 0 Å². The van der Waals surface area contributed by atoms with Gasteiger partial charge in [-0.2, -0.15) is 0 Å². The maximum absolute atomic E-state index is 7.04. The lowest BCUT2D eigenvalue weighted by Crippen LogP contribution is -2.50. The fourth-order valence-electron chi connectivity index (χ4n) is 6.36. The first kappa shape index (κ1) is 20.5. The van der Waals surface area contributed by atoms with Crippen LogP contribution < -0.4 is 4.74 Å². The minimum absolute atomic E-state index is 0.293. The van der Waals surface area contributed by atoms with Crippen LogP contribution in [-0.2, 0) is 10.8 Å². The Balaban J connectivity index is 1.57. The monoisotopic (exact) mass is 400 g/mol. The molecule has 0 aromatic heterocycles. The first-order chi connectivity index (χ1) is 13.1. The van der Waals surface area contributed by atoms with Crippen LogP contribution >= 0.6 is 0 Å². The lowest BCUT2D eigenvalue weighted by atomic mass is 9.55. The van der Waals surface area contributed by atoms with E-state index in [1.165, 1.54) is 44.1 Å². The van der Waals surface area contributed by atoms with Crippen molar-refractivity contribution in [1.29, 1.82) is 0 Å². The summed E-state index contributed by atoms with van der Waals surface area (Å²) < 4.78 is 12.5. The molecule has 0 spiro atoms. The molecule has 2 saturated carbocycles. The average Bonchev–Trinajstić information content (AvgIpc) is 2.96. The molecule has 0 radical (unpaired) electrons. The summed E-state index contributed by atoms with van der Waals surface area (Å²) in [6.45, 7) is 14.5. The summed E-state index contributed by atoms with van der Waals surface area (Å²) in [6, 6.07) is 6.83. The summed E-state index contributed by atoms with van der Waals surface area (Å²) in [6.07, 6.45) is 8.32. The lowest BCUT2D eigenvalue weighted by Gasteiger charge is -2.52. The van der Waals surface area contributed by atoms with Gasteiger partial charge in [0.25, 0.3) is 0 Å². The van der Waals surface area contributed by atoms with Gasteiger partial charge in [-0.1, -0.05) is 33.8 Å². The molecule has 0 aliphatic heterocycles. The van der Waals surface area contributed by atoms with Gasteiger partial charge < -0.3 is 9.16 Å². The van der Waals surface area contributed by atoms with E-state index in [2.05, 4.69) is 59.0 Å². The molecule has 2 fully saturated rings. The first-order valence-corrected chi connectivity index (χ1v) is 14.3. The summed E-state index contributed by atoms with van der Waals surface area (Å²) in [5.41, 5.74) is 3.53. The second kappa shape index (κ2) is 6.87. The standard InChI is InChI=1S/C25H40O2Si/c1-24(2,3)28(6,7)27-23-13-12-22-21-10-8-17-16-18(26-5)9-11-19(17)20(21)14-15-25(22,23)4/h9,11,16,20-23H,8,10,12-15H2,1-7H3/t20-,21-,22+,23+,25+/m1/s1. The quantitative estimate of drug-likeness (QED) is 0.511. The average molecular weight is 401 g/mol. The van der Waals surface area contributed by atoms with E-state index in [1.807, 2.05) is 0 Å². The fourth-order valence-corrected chi connectivity index (χ4v) is 7.82. The zero-order valence-corrected chi connectivity index (χ0v) is 20.1. The molecule has 3 aliphatic rings. The van der Waals surface area contributed by atoms with Crippen LogP contribution in [-0.4, -0.2) is 21.5 Å². The minimum Gasteiger partial charge on any atom is -0.497 e. The van der Waals surface area contributed by atoms with Crippen LogP contribution in [0, 0.1) is 17.3 Å². The number of aryl methyl sites for hydroxylation is 1. The fraction of sp³-hybridized carbons (Fsp3) is 0.760. The van der Waals surface area contributed by atoms with Crippen LogP contribution in [0.15, 0.2) is 18.2 Å². The van der Waals surface area contributed by atoms with Crippen molar-refractivity contribution >= 4 is 8.32 Å². The molecular weight excluding hydrogens is 360 g/mol. The SMILES string of the molecule is COc1ccc2c(c1)CC[C@@H]1[C@@H]2CC[C@]2(C)[C@@H](O[Si](C)(C)C(C)(C)C)CC[C@@H]12. The largest absolute Gasteiger partial charge is 0.497 e. The van der Waals surface area contributed by atoms with Crippen molar-refractivity contribution in [3.63, 3.8) is 0 Å². The van der Waals surface area contributed by atoms with Crippen molar-refractivity contribution in [2.24, 2.45) is 17.3 Å². The summed E-state index contributed by atoms with van der Waals surface area (Å²) in [4.78, 5) is 0. The highest BCUT2D eigenvalue weighted by Gasteiger charge is 2.56. The van der Waals surface area contributed by atoms with Crippen molar-refractivity contribution in [3.05, 3.63) is 29.3 Å². The molecule has 0 N–H and O–H groups in total. The Hall–Kier alpha value is -0.803. The zero-order valence-electron chi connectivity index (χ0n) is 19.1. The molecule has 3 heteroatoms. The van der Waals surface area contributed by atoms with E-state index in [1.54, 1.807) is 12.7 Å². The van der Waals surface area contributed by atoms with Gasteiger partial charge in [-0.15, -0.1) is 0 Å². The third kappa shape index (κ3) is 3.17. The van der Waals surface area contributed by atoms with Gasteiger partial charge in [0.05, 0.1) is 13.2 Å². The molecule has 0 unspecified atom stereocenters. The number of benzene rings is 1. The second-order valence-electron chi connectivity index (χ2n) is 11.5. The van der Waals surface area contributed by atoms with Gasteiger partial charge >= 0.3 is 0 Å². The van der Waals surface area contributed by atoms with E-state index in [0.717, 1.165) is 23.5 Å². The number of ether oxygens (including phenoxy) is 1. The first-order valence-electron chi connectivity index (χ1n) is 11.4. The number of hydrogen-bond acceptors (Lipinski definition) is 2. The number of fused-ring (bicyclic) bond motifs is 5. The van der Waals surface area contributed by atoms with Crippen LogP contribution in [0.1, 0.15) is 76.8 Å². The highest BCUT2D eigenvalue weighted by Crippen LogP contribution is 2.62. The molecule has 3 aliphatic carbocycles. The Morgan fingerprint density at radius 2 is 1.82 bits per heavy atom. The van der Waals surface area contributed by atoms with Crippen molar-refractivity contribution in [1.82, 2.24) is 0 Å². The van der Waals surface area contributed by atoms with Crippen LogP contribution in [0.5, 0.6) is 5.75 Å². The normalized spacial score (nSPS) is 35.1. The highest BCUT2D eigenvalue weighted by molar-refractivity contribution is 6.74. The van der Waals surface area contributed by atoms with Crippen molar-refractivity contribution < 1.29 is 9.16 Å². The second-order valence-corrected chi connectivity index (χ2v) is 16.2. The number of hydrogen-bond donors (Lipinski definition) is 0. The Morgan fingerprint density at radius 1 is 1.07 bits per heavy atom. The molecule has 28 heavy (non-hydrogen) atoms. The maximum atomic E-state index is 7.04. The molecule has 4 rings (SSSR count). The summed E-state index contributed by atoms with van der Waals surface area (Å²) in [5.74, 6) is 3.44. The van der Waals surface area contributed by atoms with Gasteiger partial charge in [0.1, 0.15) is 5.75 Å². The molecule has 156 valence electrons. The van der Waals surface area contributed by atoms with Crippen molar-refractivity contribution in [2.45, 2.75) is 96.4 Å². The van der Waals surface area contributed by atoms with E-state index < -0.39 is 8.32 Å². The summed E-state index contributed by atoms with van der Waals surface area (Å²) in [7, 11) is 0.0593. The minimum atomic E-state index is -1.72. The van der Waals surface area contributed by atoms with E-state index in [-0.39, 0.29) is 0 Å². The lowest BCUT2D eigenvalue weighted by molar-refractivity contribution is -0.0165. The van der Waals surface area contributed by atoms with Crippen molar-refractivity contribution in [3.8, 4) is 5.75 Å². The number of rotatable bonds is 3. The van der Waals surface area contributed by atoms with Crippen LogP contribution in [0.25, 0.3) is 0 Å². The van der Waals surface area contributed by atoms with E-state index in [0.29, 0.717) is 16.6 Å². The van der Waals surface area contributed by atoms with Crippen molar-refractivity contribution in [2.75, 3.05) is 7.11 Å². The molecular formula is C25H40O2Si. The van der Waals surface area contributed by atoms with E-state index in [4.69, 9.17) is 9.16 Å². The third-order valence-corrected chi connectivity index (χ3v) is 13.6. The van der Waals surface area contributed by atoms with Crippen LogP contribution in [0.3, 0.4) is 0 Å². The van der Waals surface area contributed by atoms with Crippen LogP contribution in [0.2, 0.25) is 18.1 Å². The summed E-state index contributed by atoms with van der Waals surface area (Å²) >= 11 is 0. The topological polar surface area (TPSA) is 18.5 Å². The molecule has 0 heterocycles. The highest BCUT2D eigenvalue weighted by atomic mass is 28.4. The third-order valence-electron chi connectivity index (χ3n) is 9.09. The molecule has 5 atom stereocenters. The Morgan fingerprint density at radius 3 is 2.50 bits per heavy atom. The van der Waals surface area contributed by atoms with Gasteiger partial charge in [0.2, 0.25) is 0 Å². The van der Waals surface area contributed by atoms with E-state index in [9.17, 15) is 0 Å². The van der Waals surface area contributed by atoms with Gasteiger partial charge in [0, 0.05) is 0 Å². The molecule has 0 bridgehead atoms. The Kier molecular flexibility index (Phi) is 5.02. The van der Waals surface area contributed by atoms with E-state index >= 15 is 0 Å². The predicted octanol–water partition coefficient (Wildman–Crippen LogP) is 6.94. The molecule has 1 aromatic carbocycles.